The van der Waals surface area contributed by atoms with E-state index in [4.69, 9.17) is 9.47 Å². The van der Waals surface area contributed by atoms with Crippen LogP contribution in [0.1, 0.15) is 11.1 Å². The van der Waals surface area contributed by atoms with Crippen molar-refractivity contribution >= 4 is 10.8 Å². The molecule has 142 valence electrons. The number of benzene rings is 3. The lowest BCUT2D eigenvalue weighted by atomic mass is 9.93. The summed E-state index contributed by atoms with van der Waals surface area (Å²) in [6, 6.07) is 24.3. The number of nitriles is 1. The van der Waals surface area contributed by atoms with Crippen molar-refractivity contribution in [2.75, 3.05) is 14.2 Å². The van der Waals surface area contributed by atoms with Gasteiger partial charge in [-0.25, -0.2) is 4.98 Å². The van der Waals surface area contributed by atoms with Crippen LogP contribution in [0.4, 0.5) is 0 Å². The summed E-state index contributed by atoms with van der Waals surface area (Å²) in [5.74, 6) is 0.999. The van der Waals surface area contributed by atoms with Gasteiger partial charge in [0.05, 0.1) is 19.9 Å². The molecule has 4 nitrogen and oxygen atoms in total. The van der Waals surface area contributed by atoms with E-state index in [1.807, 2.05) is 73.7 Å². The first kappa shape index (κ1) is 18.5. The minimum Gasteiger partial charge on any atom is -0.496 e. The first-order chi connectivity index (χ1) is 14.2. The molecule has 29 heavy (non-hydrogen) atoms. The summed E-state index contributed by atoms with van der Waals surface area (Å²) < 4.78 is 11.2. The van der Waals surface area contributed by atoms with Gasteiger partial charge in [0.2, 0.25) is 5.88 Å². The van der Waals surface area contributed by atoms with E-state index in [2.05, 4.69) is 11.1 Å². The van der Waals surface area contributed by atoms with Crippen LogP contribution in [0.3, 0.4) is 0 Å². The van der Waals surface area contributed by atoms with Crippen molar-refractivity contribution in [3.63, 3.8) is 0 Å². The highest BCUT2D eigenvalue weighted by molar-refractivity contribution is 6.01. The van der Waals surface area contributed by atoms with E-state index in [1.165, 1.54) is 12.7 Å². The number of aromatic nitrogens is 1. The van der Waals surface area contributed by atoms with Crippen molar-refractivity contribution in [2.24, 2.45) is 0 Å². The van der Waals surface area contributed by atoms with Crippen LogP contribution in [0.2, 0.25) is 0 Å². The fourth-order valence-electron chi connectivity index (χ4n) is 3.55. The molecule has 0 spiro atoms. The van der Waals surface area contributed by atoms with Gasteiger partial charge >= 0.3 is 0 Å². The molecule has 0 aliphatic carbocycles. The lowest BCUT2D eigenvalue weighted by Gasteiger charge is -2.16. The van der Waals surface area contributed by atoms with Gasteiger partial charge in [0.1, 0.15) is 17.4 Å². The van der Waals surface area contributed by atoms with Crippen molar-refractivity contribution in [3.8, 4) is 40.1 Å². The van der Waals surface area contributed by atoms with Crippen LogP contribution in [-0.2, 0) is 0 Å². The minimum atomic E-state index is 0.301. The molecule has 1 aromatic heterocycles. The number of hydrogen-bond acceptors (Lipinski definition) is 4. The van der Waals surface area contributed by atoms with Crippen LogP contribution in [0.5, 0.6) is 11.6 Å². The third kappa shape index (κ3) is 3.28. The summed E-state index contributed by atoms with van der Waals surface area (Å²) in [6.45, 7) is 2.04. The number of pyridine rings is 1. The number of aryl methyl sites for hydroxylation is 1. The van der Waals surface area contributed by atoms with Crippen molar-refractivity contribution < 1.29 is 9.47 Å². The van der Waals surface area contributed by atoms with E-state index < -0.39 is 0 Å². The molecule has 4 heteroatoms. The first-order valence-corrected chi connectivity index (χ1v) is 9.28. The highest BCUT2D eigenvalue weighted by Crippen LogP contribution is 2.42. The zero-order valence-electron chi connectivity index (χ0n) is 16.6. The predicted molar refractivity (Wildman–Crippen MR) is 115 cm³/mol. The topological polar surface area (TPSA) is 55.1 Å². The van der Waals surface area contributed by atoms with Gasteiger partial charge in [0, 0.05) is 16.7 Å². The van der Waals surface area contributed by atoms with Crippen LogP contribution >= 0.6 is 0 Å². The molecule has 3 aromatic carbocycles. The Hall–Kier alpha value is -3.84. The maximum Gasteiger partial charge on any atom is 0.232 e. The lowest BCUT2D eigenvalue weighted by Crippen LogP contribution is -1.99. The monoisotopic (exact) mass is 380 g/mol. The number of rotatable bonds is 4. The van der Waals surface area contributed by atoms with Crippen LogP contribution < -0.4 is 9.47 Å². The Morgan fingerprint density at radius 1 is 0.897 bits per heavy atom. The second-order valence-electron chi connectivity index (χ2n) is 6.78. The second kappa shape index (κ2) is 7.65. The lowest BCUT2D eigenvalue weighted by molar-refractivity contribution is 0.397. The standard InChI is InChI=1S/C25H20N2O2/c1-16-8-10-18(11-9-16)22-14-20(21(15-26)25(27-22)29-3)24-19-7-5-4-6-17(19)12-13-23(24)28-2/h4-14H,1-3H3. The Morgan fingerprint density at radius 3 is 2.34 bits per heavy atom. The zero-order chi connectivity index (χ0) is 20.4. The van der Waals surface area contributed by atoms with Crippen LogP contribution in [-0.4, -0.2) is 19.2 Å². The Bertz CT molecular complexity index is 1240. The smallest absolute Gasteiger partial charge is 0.232 e. The van der Waals surface area contributed by atoms with Gasteiger partial charge in [-0.1, -0.05) is 60.2 Å². The molecule has 0 radical (unpaired) electrons. The number of hydrogen-bond donors (Lipinski definition) is 0. The Morgan fingerprint density at radius 2 is 1.66 bits per heavy atom. The average Bonchev–Trinajstić information content (AvgIpc) is 2.77. The summed E-state index contributed by atoms with van der Waals surface area (Å²) in [4.78, 5) is 4.60. The molecule has 0 amide bonds. The zero-order valence-corrected chi connectivity index (χ0v) is 16.6. The van der Waals surface area contributed by atoms with Gasteiger partial charge in [-0.05, 0) is 29.8 Å². The summed E-state index contributed by atoms with van der Waals surface area (Å²) >= 11 is 0. The SMILES string of the molecule is COc1ccc2ccccc2c1-c1cc(-c2ccc(C)cc2)nc(OC)c1C#N. The number of nitrogens with zero attached hydrogens (tertiary/aromatic N) is 2. The van der Waals surface area contributed by atoms with Crippen molar-refractivity contribution in [1.29, 1.82) is 5.26 Å². The van der Waals surface area contributed by atoms with E-state index in [0.717, 1.165) is 33.2 Å². The molecule has 1 heterocycles. The number of fused-ring (bicyclic) bond motifs is 1. The third-order valence-corrected chi connectivity index (χ3v) is 5.02. The van der Waals surface area contributed by atoms with E-state index in [-0.39, 0.29) is 0 Å². The maximum absolute atomic E-state index is 9.91. The third-order valence-electron chi connectivity index (χ3n) is 5.02. The molecule has 0 saturated carbocycles. The molecule has 0 N–H and O–H groups in total. The van der Waals surface area contributed by atoms with E-state index in [0.29, 0.717) is 17.2 Å². The quantitative estimate of drug-likeness (QED) is 0.451. The largest absolute Gasteiger partial charge is 0.496 e. The van der Waals surface area contributed by atoms with Crippen molar-refractivity contribution in [1.82, 2.24) is 4.98 Å². The summed E-state index contributed by atoms with van der Waals surface area (Å²) in [6.07, 6.45) is 0. The van der Waals surface area contributed by atoms with Crippen molar-refractivity contribution in [2.45, 2.75) is 6.92 Å². The van der Waals surface area contributed by atoms with Crippen LogP contribution in [0.25, 0.3) is 33.2 Å². The molecule has 4 aromatic rings. The summed E-state index contributed by atoms with van der Waals surface area (Å²) in [5, 5.41) is 12.0. The number of methoxy groups -OCH3 is 2. The summed E-state index contributed by atoms with van der Waals surface area (Å²) in [7, 11) is 3.17. The van der Waals surface area contributed by atoms with Gasteiger partial charge in [0.25, 0.3) is 0 Å². The molecule has 0 aliphatic rings. The van der Waals surface area contributed by atoms with E-state index >= 15 is 0 Å². The molecule has 0 atom stereocenters. The van der Waals surface area contributed by atoms with Gasteiger partial charge in [-0.2, -0.15) is 5.26 Å². The molecular formula is C25H20N2O2. The van der Waals surface area contributed by atoms with E-state index in [1.54, 1.807) is 7.11 Å². The van der Waals surface area contributed by atoms with Gasteiger partial charge in [-0.15, -0.1) is 0 Å². The number of ether oxygens (including phenoxy) is 2. The molecule has 0 unspecified atom stereocenters. The first-order valence-electron chi connectivity index (χ1n) is 9.28. The predicted octanol–water partition coefficient (Wildman–Crippen LogP) is 5.77. The molecule has 4 rings (SSSR count). The molecule has 0 fully saturated rings. The summed E-state index contributed by atoms with van der Waals surface area (Å²) in [5.41, 5.74) is 4.85. The highest BCUT2D eigenvalue weighted by atomic mass is 16.5. The normalized spacial score (nSPS) is 10.6. The molecular weight excluding hydrogens is 360 g/mol. The fourth-order valence-corrected chi connectivity index (χ4v) is 3.55. The van der Waals surface area contributed by atoms with Gasteiger partial charge < -0.3 is 9.47 Å². The molecule has 0 aliphatic heterocycles. The van der Waals surface area contributed by atoms with Gasteiger partial charge in [-0.3, -0.25) is 0 Å². The van der Waals surface area contributed by atoms with Gasteiger partial charge in [0.15, 0.2) is 0 Å². The molecule has 0 bridgehead atoms. The van der Waals surface area contributed by atoms with Crippen LogP contribution in [0, 0.1) is 18.3 Å². The molecule has 0 saturated heterocycles. The second-order valence-corrected chi connectivity index (χ2v) is 6.78. The minimum absolute atomic E-state index is 0.301. The van der Waals surface area contributed by atoms with Crippen molar-refractivity contribution in [3.05, 3.63) is 77.9 Å². The maximum atomic E-state index is 9.91. The van der Waals surface area contributed by atoms with E-state index in [9.17, 15) is 5.26 Å². The Labute approximate surface area is 170 Å². The fraction of sp³-hybridized carbons (Fsp3) is 0.120. The average molecular weight is 380 g/mol. The Balaban J connectivity index is 2.08. The van der Waals surface area contributed by atoms with Crippen LogP contribution in [0.15, 0.2) is 66.7 Å². The highest BCUT2D eigenvalue weighted by Gasteiger charge is 2.20. The Kier molecular flexibility index (Phi) is 4.88.